The summed E-state index contributed by atoms with van der Waals surface area (Å²) in [5.41, 5.74) is 1.01. The fourth-order valence-corrected chi connectivity index (χ4v) is 8.47. The highest BCUT2D eigenvalue weighted by Gasteiger charge is 2.60. The molecule has 5 rings (SSSR count). The van der Waals surface area contributed by atoms with Gasteiger partial charge >= 0.3 is 0 Å². The lowest BCUT2D eigenvalue weighted by molar-refractivity contribution is -0.136. The van der Waals surface area contributed by atoms with Crippen molar-refractivity contribution in [1.82, 2.24) is 15.5 Å². The molecule has 2 aliphatic carbocycles. The van der Waals surface area contributed by atoms with Crippen molar-refractivity contribution in [2.45, 2.75) is 102 Å². The highest BCUT2D eigenvalue weighted by molar-refractivity contribution is 7.99. The van der Waals surface area contributed by atoms with Crippen molar-refractivity contribution < 1.29 is 23.6 Å². The van der Waals surface area contributed by atoms with E-state index in [9.17, 15) is 23.6 Å². The Labute approximate surface area is 234 Å². The molecule has 4 amide bonds. The van der Waals surface area contributed by atoms with Crippen molar-refractivity contribution in [3.63, 3.8) is 0 Å². The third kappa shape index (κ3) is 5.05. The van der Waals surface area contributed by atoms with Crippen molar-refractivity contribution in [3.8, 4) is 0 Å². The molecule has 4 aliphatic rings. The third-order valence-corrected chi connectivity index (χ3v) is 11.4. The van der Waals surface area contributed by atoms with Crippen LogP contribution in [0.15, 0.2) is 17.0 Å². The molecule has 39 heavy (non-hydrogen) atoms. The number of halogens is 1. The van der Waals surface area contributed by atoms with Crippen LogP contribution in [0.25, 0.3) is 0 Å². The molecule has 2 saturated carbocycles. The van der Waals surface area contributed by atoms with Gasteiger partial charge in [-0.25, -0.2) is 4.39 Å². The molecule has 2 heterocycles. The molecule has 1 aromatic carbocycles. The van der Waals surface area contributed by atoms with Gasteiger partial charge in [0.2, 0.25) is 11.8 Å². The van der Waals surface area contributed by atoms with Crippen LogP contribution in [0.3, 0.4) is 0 Å². The van der Waals surface area contributed by atoms with Crippen LogP contribution < -0.4 is 10.6 Å². The minimum atomic E-state index is -1.05. The number of imide groups is 2. The smallest absolute Gasteiger partial charge is 0.263 e. The van der Waals surface area contributed by atoms with Gasteiger partial charge in [0.1, 0.15) is 11.9 Å². The van der Waals surface area contributed by atoms with E-state index in [0.29, 0.717) is 27.5 Å². The summed E-state index contributed by atoms with van der Waals surface area (Å²) in [4.78, 5) is 51.3. The van der Waals surface area contributed by atoms with Crippen molar-refractivity contribution in [2.75, 3.05) is 12.3 Å². The fourth-order valence-electron chi connectivity index (χ4n) is 7.37. The first-order valence-corrected chi connectivity index (χ1v) is 15.4. The first kappa shape index (κ1) is 28.3. The molecule has 0 radical (unpaired) electrons. The summed E-state index contributed by atoms with van der Waals surface area (Å²) in [6.45, 7) is 8.43. The van der Waals surface area contributed by atoms with Gasteiger partial charge in [-0.15, -0.1) is 11.8 Å². The molecule has 3 fully saturated rings. The summed E-state index contributed by atoms with van der Waals surface area (Å²) in [5.74, 6) is -1.38. The molecule has 2 bridgehead atoms. The predicted octanol–water partition coefficient (Wildman–Crippen LogP) is 5.07. The standard InChI is InChI=1S/C30H40FN3O4S/c1-29(2)18-11-12-30(29,3)23(15-18)32-13-7-5-4-6-8-14-39-22-17-19(31)16-20-25(22)28(38)34(27(20)37)21-9-10-24(35)33-26(21)36/h16-18,21,23,32H,4-15H2,1-3H3,(H,33,35,36)/t18-,21?,23+,30+/m1/s1. The number of amides is 4. The van der Waals surface area contributed by atoms with E-state index in [1.54, 1.807) is 0 Å². The van der Waals surface area contributed by atoms with Crippen molar-refractivity contribution in [2.24, 2.45) is 16.7 Å². The molecular weight excluding hydrogens is 517 g/mol. The zero-order chi connectivity index (χ0) is 27.9. The Morgan fingerprint density at radius 2 is 1.77 bits per heavy atom. The van der Waals surface area contributed by atoms with Crippen LogP contribution in [-0.2, 0) is 9.59 Å². The second-order valence-corrected chi connectivity index (χ2v) is 13.6. The number of rotatable bonds is 11. The van der Waals surface area contributed by atoms with E-state index in [2.05, 4.69) is 31.4 Å². The van der Waals surface area contributed by atoms with Gasteiger partial charge in [-0.3, -0.25) is 29.4 Å². The zero-order valence-electron chi connectivity index (χ0n) is 23.2. The van der Waals surface area contributed by atoms with Gasteiger partial charge in [-0.2, -0.15) is 0 Å². The van der Waals surface area contributed by atoms with Crippen LogP contribution in [0, 0.1) is 22.6 Å². The van der Waals surface area contributed by atoms with Crippen LogP contribution in [0.4, 0.5) is 4.39 Å². The molecule has 1 saturated heterocycles. The number of carbonyl (C=O) groups excluding carboxylic acids is 4. The molecule has 212 valence electrons. The number of thioether (sulfide) groups is 1. The molecular formula is C30H40FN3O4S. The summed E-state index contributed by atoms with van der Waals surface area (Å²) in [7, 11) is 0. The molecule has 2 aliphatic heterocycles. The fraction of sp³-hybridized carbons (Fsp3) is 0.667. The van der Waals surface area contributed by atoms with Gasteiger partial charge in [-0.1, -0.05) is 40.0 Å². The van der Waals surface area contributed by atoms with Gasteiger partial charge in [0, 0.05) is 17.4 Å². The number of carbonyl (C=O) groups is 4. The predicted molar refractivity (Wildman–Crippen MR) is 148 cm³/mol. The van der Waals surface area contributed by atoms with Crippen LogP contribution in [0.1, 0.15) is 106 Å². The van der Waals surface area contributed by atoms with Gasteiger partial charge in [-0.05, 0) is 79.7 Å². The Kier molecular flexibility index (Phi) is 7.94. The lowest BCUT2D eigenvalue weighted by atomic mass is 9.69. The summed E-state index contributed by atoms with van der Waals surface area (Å²) in [6.07, 6.45) is 9.58. The largest absolute Gasteiger partial charge is 0.313 e. The molecule has 0 aromatic heterocycles. The highest BCUT2D eigenvalue weighted by Crippen LogP contribution is 2.65. The number of nitrogens with one attached hydrogen (secondary N) is 2. The maximum atomic E-state index is 14.4. The van der Waals surface area contributed by atoms with Crippen LogP contribution >= 0.6 is 11.8 Å². The quantitative estimate of drug-likeness (QED) is 0.224. The first-order valence-electron chi connectivity index (χ1n) is 14.5. The van der Waals surface area contributed by atoms with Gasteiger partial charge in [0.15, 0.2) is 0 Å². The lowest BCUT2D eigenvalue weighted by Gasteiger charge is -2.39. The van der Waals surface area contributed by atoms with Crippen molar-refractivity contribution in [1.29, 1.82) is 0 Å². The topological polar surface area (TPSA) is 95.6 Å². The minimum absolute atomic E-state index is 0.00701. The number of hydrogen-bond acceptors (Lipinski definition) is 6. The van der Waals surface area contributed by atoms with Crippen LogP contribution in [0.5, 0.6) is 0 Å². The molecule has 9 heteroatoms. The van der Waals surface area contributed by atoms with Crippen LogP contribution in [-0.4, -0.2) is 52.9 Å². The highest BCUT2D eigenvalue weighted by atomic mass is 32.2. The second kappa shape index (κ2) is 11.0. The Morgan fingerprint density at radius 1 is 1.03 bits per heavy atom. The van der Waals surface area contributed by atoms with E-state index in [4.69, 9.17) is 0 Å². The summed E-state index contributed by atoms with van der Waals surface area (Å²) in [5, 5.41) is 6.04. The van der Waals surface area contributed by atoms with E-state index in [-0.39, 0.29) is 24.0 Å². The molecule has 4 atom stereocenters. The molecule has 1 aromatic rings. The lowest BCUT2D eigenvalue weighted by Crippen LogP contribution is -2.54. The molecule has 2 N–H and O–H groups in total. The number of benzene rings is 1. The van der Waals surface area contributed by atoms with Crippen molar-refractivity contribution >= 4 is 35.4 Å². The van der Waals surface area contributed by atoms with Gasteiger partial charge in [0.05, 0.1) is 11.1 Å². The molecule has 7 nitrogen and oxygen atoms in total. The van der Waals surface area contributed by atoms with Crippen LogP contribution in [0.2, 0.25) is 0 Å². The third-order valence-electron chi connectivity index (χ3n) is 10.2. The van der Waals surface area contributed by atoms with Gasteiger partial charge in [0.25, 0.3) is 11.8 Å². The molecule has 1 unspecified atom stereocenters. The number of piperidine rings is 1. The van der Waals surface area contributed by atoms with E-state index < -0.39 is 35.5 Å². The maximum Gasteiger partial charge on any atom is 0.263 e. The van der Waals surface area contributed by atoms with E-state index in [1.807, 2.05) is 0 Å². The average molecular weight is 558 g/mol. The Bertz CT molecular complexity index is 1190. The number of hydrogen-bond donors (Lipinski definition) is 2. The van der Waals surface area contributed by atoms with E-state index >= 15 is 0 Å². The van der Waals surface area contributed by atoms with Crippen molar-refractivity contribution in [3.05, 3.63) is 29.1 Å². The Balaban J connectivity index is 1.06. The zero-order valence-corrected chi connectivity index (χ0v) is 24.1. The number of fused-ring (bicyclic) bond motifs is 3. The second-order valence-electron chi connectivity index (χ2n) is 12.5. The van der Waals surface area contributed by atoms with E-state index in [1.165, 1.54) is 37.1 Å². The Morgan fingerprint density at radius 3 is 2.46 bits per heavy atom. The van der Waals surface area contributed by atoms with Gasteiger partial charge < -0.3 is 5.32 Å². The SMILES string of the molecule is CC1(C)[C@@H]2CC[C@@]1(C)[C@@H](NCCCCCCCSc1cc(F)cc3c1C(=O)N(C1CCC(=O)NC1=O)C3=O)C2. The maximum absolute atomic E-state index is 14.4. The number of nitrogens with zero attached hydrogens (tertiary/aromatic N) is 1. The number of unbranched alkanes of at least 4 members (excludes halogenated alkanes) is 4. The molecule has 0 spiro atoms. The summed E-state index contributed by atoms with van der Waals surface area (Å²) >= 11 is 1.38. The van der Waals surface area contributed by atoms with E-state index in [0.717, 1.165) is 55.5 Å². The normalized spacial score (nSPS) is 29.3. The Hall–Kier alpha value is -2.26. The minimum Gasteiger partial charge on any atom is -0.313 e. The first-order chi connectivity index (χ1) is 18.5. The summed E-state index contributed by atoms with van der Waals surface area (Å²) in [6, 6.07) is 1.95. The average Bonchev–Trinajstić information content (AvgIpc) is 3.34. The monoisotopic (exact) mass is 557 g/mol. The summed E-state index contributed by atoms with van der Waals surface area (Å²) < 4.78 is 14.4.